The molecule has 256 valence electrons. The van der Waals surface area contributed by atoms with E-state index in [1.165, 1.54) is 42.2 Å². The first-order chi connectivity index (χ1) is 23.2. The van der Waals surface area contributed by atoms with Gasteiger partial charge in [-0.25, -0.2) is 28.8 Å². The summed E-state index contributed by atoms with van der Waals surface area (Å²) in [5.74, 6) is -3.75. The summed E-state index contributed by atoms with van der Waals surface area (Å²) >= 11 is 2.40. The van der Waals surface area contributed by atoms with Crippen LogP contribution in [0.1, 0.15) is 31.7 Å². The number of carboxylic acid groups (broad SMARTS) is 2. The number of ketones is 1. The first kappa shape index (κ1) is 33.3. The number of imidazole rings is 1. The molecule has 2 aliphatic heterocycles. The Morgan fingerprint density at radius 1 is 1.24 bits per heavy atom. The van der Waals surface area contributed by atoms with Crippen LogP contribution in [0.4, 0.5) is 10.8 Å². The van der Waals surface area contributed by atoms with Crippen LogP contribution in [0, 0.1) is 5.92 Å². The van der Waals surface area contributed by atoms with Crippen molar-refractivity contribution >= 4 is 74.9 Å². The monoisotopic (exact) mass is 711 g/mol. The number of aromatic nitrogens is 4. The zero-order valence-corrected chi connectivity index (χ0v) is 27.7. The average molecular weight is 712 g/mol. The van der Waals surface area contributed by atoms with Gasteiger partial charge in [0.25, 0.3) is 0 Å². The first-order valence-electron chi connectivity index (χ1n) is 14.6. The van der Waals surface area contributed by atoms with Crippen LogP contribution < -0.4 is 21.8 Å². The van der Waals surface area contributed by atoms with E-state index in [-0.39, 0.29) is 41.2 Å². The third-order valence-electron chi connectivity index (χ3n) is 7.84. The van der Waals surface area contributed by atoms with Gasteiger partial charge in [0.1, 0.15) is 41.8 Å². The Morgan fingerprint density at radius 3 is 2.69 bits per heavy atom. The topological polar surface area (TPSA) is 263 Å². The molecule has 8 N–H and O–H groups in total. The number of aliphatic carboxylic acids is 2. The highest BCUT2D eigenvalue weighted by Crippen LogP contribution is 2.45. The lowest BCUT2D eigenvalue weighted by atomic mass is 9.89. The number of fused-ring (bicyclic) bond motifs is 2. The molecule has 2 atom stereocenters. The summed E-state index contributed by atoms with van der Waals surface area (Å²) in [6.45, 7) is 3.09. The Balaban J connectivity index is 1.19. The Kier molecular flexibility index (Phi) is 8.67. The fourth-order valence-electron chi connectivity index (χ4n) is 5.40. The molecule has 0 spiro atoms. The van der Waals surface area contributed by atoms with Crippen molar-refractivity contribution in [1.82, 2.24) is 19.1 Å². The van der Waals surface area contributed by atoms with Gasteiger partial charge in [-0.3, -0.25) is 14.5 Å². The smallest absolute Gasteiger partial charge is 0.352 e. The van der Waals surface area contributed by atoms with Gasteiger partial charge in [-0.05, 0) is 19.4 Å². The molecular weight excluding hydrogens is 681 g/mol. The number of β-lactam (4-membered cyclic amide) rings is 1. The van der Waals surface area contributed by atoms with Gasteiger partial charge >= 0.3 is 17.6 Å². The number of carbonyl (C=O) groups excluding carboxylic acids is 2. The highest BCUT2D eigenvalue weighted by molar-refractivity contribution is 8.00. The normalized spacial score (nSPS) is 18.0. The molecule has 0 saturated carbocycles. The molecule has 20 heteroatoms. The van der Waals surface area contributed by atoms with Crippen molar-refractivity contribution in [1.29, 1.82) is 0 Å². The van der Waals surface area contributed by atoms with E-state index >= 15 is 0 Å². The van der Waals surface area contributed by atoms with Gasteiger partial charge in [0.2, 0.25) is 11.5 Å². The van der Waals surface area contributed by atoms with Crippen molar-refractivity contribution in [2.24, 2.45) is 27.5 Å². The van der Waals surface area contributed by atoms with Crippen molar-refractivity contribution in [2.75, 3.05) is 11.5 Å². The predicted molar refractivity (Wildman–Crippen MR) is 176 cm³/mol. The summed E-state index contributed by atoms with van der Waals surface area (Å²) in [7, 11) is 0. The number of Topliss-reactive ketones (excluding diaryl/α,β-unsaturated/α-hetero) is 1. The summed E-state index contributed by atoms with van der Waals surface area (Å²) in [5.41, 5.74) is 16.3. The maximum absolute atomic E-state index is 13.5. The number of hydrogen-bond acceptors (Lipinski definition) is 12. The van der Waals surface area contributed by atoms with Crippen LogP contribution in [0.3, 0.4) is 0 Å². The lowest BCUT2D eigenvalue weighted by Gasteiger charge is -2.49. The van der Waals surface area contributed by atoms with Crippen molar-refractivity contribution < 1.29 is 43.2 Å². The minimum absolute atomic E-state index is 0.0752. The zero-order valence-electron chi connectivity index (χ0n) is 26.0. The van der Waals surface area contributed by atoms with Gasteiger partial charge in [-0.1, -0.05) is 5.16 Å². The van der Waals surface area contributed by atoms with Crippen LogP contribution in [0.2, 0.25) is 0 Å². The second-order valence-corrected chi connectivity index (χ2v) is 13.7. The molecule has 0 bridgehead atoms. The second-order valence-electron chi connectivity index (χ2n) is 11.7. The van der Waals surface area contributed by atoms with Gasteiger partial charge in [-0.15, -0.1) is 27.6 Å². The largest absolute Gasteiger partial charge is 0.478 e. The first-order valence-corrected chi connectivity index (χ1v) is 16.5. The molecule has 2 aliphatic rings. The number of nitrogens with two attached hydrogens (primary N) is 3. The summed E-state index contributed by atoms with van der Waals surface area (Å²) in [4.78, 5) is 65.4. The van der Waals surface area contributed by atoms with E-state index in [0.29, 0.717) is 29.3 Å². The lowest BCUT2D eigenvalue weighted by molar-refractivity contribution is -0.663. The van der Waals surface area contributed by atoms with Crippen molar-refractivity contribution in [3.8, 4) is 0 Å². The van der Waals surface area contributed by atoms with Crippen LogP contribution in [-0.4, -0.2) is 81.3 Å². The SMILES string of the molecule is CC(C)(O/N=C(\C(=O)C[C@@H]1C(=O)N2C(C(=O)O)=C(Cn3ccc4n3cc[n+]4Cc3cc(N=C(N)N)co3)CS[C@H]12)c1csc(N)n1)C(=O)O. The summed E-state index contributed by atoms with van der Waals surface area (Å²) in [6, 6.07) is 3.58. The Morgan fingerprint density at radius 2 is 2.02 bits per heavy atom. The maximum atomic E-state index is 13.5. The van der Waals surface area contributed by atoms with Crippen molar-refractivity contribution in [3.05, 3.63) is 65.1 Å². The number of guanidine groups is 1. The Bertz CT molecular complexity index is 2080. The van der Waals surface area contributed by atoms with Crippen LogP contribution in [0.25, 0.3) is 5.65 Å². The molecule has 4 aromatic heterocycles. The van der Waals surface area contributed by atoms with Gasteiger partial charge in [0, 0.05) is 23.6 Å². The zero-order chi connectivity index (χ0) is 35.2. The van der Waals surface area contributed by atoms with E-state index in [9.17, 15) is 29.4 Å². The van der Waals surface area contributed by atoms with Crippen LogP contribution >= 0.6 is 23.1 Å². The van der Waals surface area contributed by atoms with Crippen LogP contribution in [0.5, 0.6) is 0 Å². The van der Waals surface area contributed by atoms with E-state index < -0.39 is 40.5 Å². The summed E-state index contributed by atoms with van der Waals surface area (Å²) in [6.07, 6.45) is 6.59. The molecule has 49 heavy (non-hydrogen) atoms. The molecule has 0 radical (unpaired) electrons. The van der Waals surface area contributed by atoms with Gasteiger partial charge < -0.3 is 36.7 Å². The fraction of sp³-hybridized carbons (Fsp3) is 0.310. The Labute approximate surface area is 285 Å². The van der Waals surface area contributed by atoms with Gasteiger partial charge in [0.15, 0.2) is 28.8 Å². The number of nitrogens with zero attached hydrogens (tertiary/aromatic N) is 7. The highest BCUT2D eigenvalue weighted by atomic mass is 32.2. The second kappa shape index (κ2) is 12.8. The molecule has 0 aromatic carbocycles. The predicted octanol–water partition coefficient (Wildman–Crippen LogP) is 0.727. The molecule has 1 amide bonds. The standard InChI is InChI=1S/C29H30N10O8S2/c1-29(2,26(44)45)47-35-21(18-13-49-28(32)34-18)19(40)8-17-23(41)39-22(25(42)43)14(12-48-24(17)39)9-37-4-3-20-36(5-6-38(20)37)10-16-7-15(11-46-16)33-27(30)31/h3-7,11,13,17,24H,8-10,12H2,1-2H3,(H7-,30,31,32,33,34,42,43,44,45)/p+1/b35-21-/t17-,24-/m1/s1. The number of rotatable bonds is 13. The quantitative estimate of drug-likeness (QED) is 0.0422. The number of aliphatic imine (C=N–C) groups is 1. The van der Waals surface area contributed by atoms with E-state index in [0.717, 1.165) is 17.0 Å². The van der Waals surface area contributed by atoms with Crippen molar-refractivity contribution in [3.63, 3.8) is 0 Å². The number of thioether (sulfide) groups is 1. The number of carboxylic acids is 2. The number of nitrogen functional groups attached to an aromatic ring is 1. The number of thiazole rings is 1. The van der Waals surface area contributed by atoms with Gasteiger partial charge in [0.05, 0.1) is 30.1 Å². The molecule has 6 heterocycles. The average Bonchev–Trinajstić information content (AvgIpc) is 3.83. The molecule has 1 saturated heterocycles. The molecule has 4 aromatic rings. The highest BCUT2D eigenvalue weighted by Gasteiger charge is 2.54. The number of furan rings is 1. The van der Waals surface area contributed by atoms with Crippen molar-refractivity contribution in [2.45, 2.75) is 44.3 Å². The van der Waals surface area contributed by atoms with E-state index in [4.69, 9.17) is 26.5 Å². The molecule has 1 fully saturated rings. The minimum atomic E-state index is -1.75. The lowest BCUT2D eigenvalue weighted by Crippen LogP contribution is -2.62. The number of oxime groups is 1. The van der Waals surface area contributed by atoms with Gasteiger partial charge in [-0.2, -0.15) is 0 Å². The summed E-state index contributed by atoms with van der Waals surface area (Å²) in [5, 5.41) is 24.4. The molecular formula is C29H31N10O8S2+. The fourth-order valence-corrected chi connectivity index (χ4v) is 7.35. The third-order valence-corrected chi connectivity index (χ3v) is 9.91. The molecule has 0 unspecified atom stereocenters. The number of amides is 1. The van der Waals surface area contributed by atoms with Crippen LogP contribution in [-0.2, 0) is 37.1 Å². The molecule has 0 aliphatic carbocycles. The maximum Gasteiger partial charge on any atom is 0.352 e. The van der Waals surface area contributed by atoms with E-state index in [2.05, 4.69) is 15.1 Å². The van der Waals surface area contributed by atoms with E-state index in [1.54, 1.807) is 12.3 Å². The van der Waals surface area contributed by atoms with E-state index in [1.807, 2.05) is 32.2 Å². The third kappa shape index (κ3) is 6.46. The number of carbonyl (C=O) groups is 4. The molecule has 6 rings (SSSR count). The summed E-state index contributed by atoms with van der Waals surface area (Å²) < 4.78 is 11.2. The minimum Gasteiger partial charge on any atom is -0.478 e. The Hall–Kier alpha value is -5.63. The molecule has 18 nitrogen and oxygen atoms in total. The van der Waals surface area contributed by atoms with Crippen LogP contribution in [0.15, 0.2) is 68.2 Å². The number of hydrogen-bond donors (Lipinski definition) is 5. The number of anilines is 1.